The van der Waals surface area contributed by atoms with E-state index in [2.05, 4.69) is 80.8 Å². The van der Waals surface area contributed by atoms with E-state index in [1.54, 1.807) is 0 Å². The van der Waals surface area contributed by atoms with E-state index in [-0.39, 0.29) is 11.4 Å². The number of fused-ring (bicyclic) bond motifs is 1. The van der Waals surface area contributed by atoms with Crippen LogP contribution in [-0.4, -0.2) is 15.5 Å². The first-order valence-corrected chi connectivity index (χ1v) is 12.8. The molecule has 0 unspecified atom stereocenters. The first-order valence-electron chi connectivity index (χ1n) is 12.8. The van der Waals surface area contributed by atoms with Crippen LogP contribution >= 0.6 is 0 Å². The highest BCUT2D eigenvalue weighted by molar-refractivity contribution is 5.94. The third-order valence-corrected chi connectivity index (χ3v) is 7.44. The van der Waals surface area contributed by atoms with E-state index in [0.717, 1.165) is 48.0 Å². The van der Waals surface area contributed by atoms with Crippen LogP contribution in [0.25, 0.3) is 27.8 Å². The standard InChI is InChI=1S/C31H34N2O2/c1-6-21-9-8-10-22(7-2)29(21)26-17-25-27(18-32-26)33(24-13-11-23(12-14-24)20(3)4)19-28(25)35-30(34)31(5)15-16-31/h8-14,17-20H,6-7,15-16H2,1-5H3. The average molecular weight is 467 g/mol. The van der Waals surface area contributed by atoms with Gasteiger partial charge in [-0.15, -0.1) is 0 Å². The molecule has 180 valence electrons. The molecule has 4 heteroatoms. The van der Waals surface area contributed by atoms with Gasteiger partial charge >= 0.3 is 5.97 Å². The predicted octanol–water partition coefficient (Wildman–Crippen LogP) is 7.65. The van der Waals surface area contributed by atoms with Gasteiger partial charge in [0, 0.05) is 16.6 Å². The Labute approximate surface area is 208 Å². The fraction of sp³-hybridized carbons (Fsp3) is 0.355. The second kappa shape index (κ2) is 8.99. The Morgan fingerprint density at radius 2 is 1.71 bits per heavy atom. The summed E-state index contributed by atoms with van der Waals surface area (Å²) in [6.45, 7) is 10.7. The van der Waals surface area contributed by atoms with Crippen LogP contribution in [0.15, 0.2) is 60.9 Å². The summed E-state index contributed by atoms with van der Waals surface area (Å²) in [4.78, 5) is 17.8. The lowest BCUT2D eigenvalue weighted by Crippen LogP contribution is -2.18. The zero-order chi connectivity index (χ0) is 24.7. The number of pyridine rings is 1. The maximum absolute atomic E-state index is 12.9. The Morgan fingerprint density at radius 1 is 1.06 bits per heavy atom. The summed E-state index contributed by atoms with van der Waals surface area (Å²) in [5.74, 6) is 0.923. The van der Waals surface area contributed by atoms with Gasteiger partial charge in [-0.25, -0.2) is 0 Å². The normalized spacial score (nSPS) is 14.5. The van der Waals surface area contributed by atoms with Crippen molar-refractivity contribution in [1.29, 1.82) is 0 Å². The molecule has 0 bridgehead atoms. The van der Waals surface area contributed by atoms with Crippen molar-refractivity contribution >= 4 is 16.9 Å². The van der Waals surface area contributed by atoms with E-state index >= 15 is 0 Å². The summed E-state index contributed by atoms with van der Waals surface area (Å²) in [5, 5.41) is 0.911. The van der Waals surface area contributed by atoms with Crippen molar-refractivity contribution in [2.45, 2.75) is 66.2 Å². The van der Waals surface area contributed by atoms with E-state index in [0.29, 0.717) is 11.7 Å². The van der Waals surface area contributed by atoms with Crippen LogP contribution in [0.5, 0.6) is 5.75 Å². The molecular formula is C31H34N2O2. The molecule has 1 fully saturated rings. The summed E-state index contributed by atoms with van der Waals surface area (Å²) in [6.07, 6.45) is 7.51. The van der Waals surface area contributed by atoms with Crippen molar-refractivity contribution in [3.05, 3.63) is 77.6 Å². The van der Waals surface area contributed by atoms with E-state index < -0.39 is 0 Å². The lowest BCUT2D eigenvalue weighted by molar-refractivity contribution is -0.139. The maximum atomic E-state index is 12.9. The first kappa shape index (κ1) is 23.3. The largest absolute Gasteiger partial charge is 0.424 e. The van der Waals surface area contributed by atoms with E-state index in [9.17, 15) is 4.79 Å². The Bertz CT molecular complexity index is 1370. The number of aromatic nitrogens is 2. The number of nitrogens with zero attached hydrogens (tertiary/aromatic N) is 2. The molecule has 0 spiro atoms. The molecular weight excluding hydrogens is 432 g/mol. The van der Waals surface area contributed by atoms with Crippen LogP contribution in [0.2, 0.25) is 0 Å². The number of rotatable bonds is 7. The third kappa shape index (κ3) is 4.27. The van der Waals surface area contributed by atoms with Crippen LogP contribution < -0.4 is 4.74 Å². The highest BCUT2D eigenvalue weighted by Crippen LogP contribution is 2.47. The van der Waals surface area contributed by atoms with E-state index in [1.807, 2.05) is 19.3 Å². The molecule has 1 saturated carbocycles. The molecule has 2 aromatic heterocycles. The van der Waals surface area contributed by atoms with Crippen LogP contribution in [-0.2, 0) is 17.6 Å². The van der Waals surface area contributed by atoms with Crippen LogP contribution in [0.3, 0.4) is 0 Å². The van der Waals surface area contributed by atoms with Gasteiger partial charge in [0.2, 0.25) is 0 Å². The minimum absolute atomic E-state index is 0.145. The van der Waals surface area contributed by atoms with E-state index in [4.69, 9.17) is 9.72 Å². The minimum atomic E-state index is -0.354. The highest BCUT2D eigenvalue weighted by Gasteiger charge is 2.47. The van der Waals surface area contributed by atoms with Gasteiger partial charge in [0.15, 0.2) is 5.75 Å². The number of carbonyl (C=O) groups is 1. The van der Waals surface area contributed by atoms with Gasteiger partial charge < -0.3 is 9.30 Å². The Morgan fingerprint density at radius 3 is 2.29 bits per heavy atom. The predicted molar refractivity (Wildman–Crippen MR) is 142 cm³/mol. The smallest absolute Gasteiger partial charge is 0.317 e. The highest BCUT2D eigenvalue weighted by atomic mass is 16.5. The Balaban J connectivity index is 1.67. The van der Waals surface area contributed by atoms with Gasteiger partial charge in [-0.1, -0.05) is 58.0 Å². The van der Waals surface area contributed by atoms with Gasteiger partial charge in [-0.2, -0.15) is 0 Å². The number of carbonyl (C=O) groups excluding carboxylic acids is 1. The molecule has 4 aromatic rings. The number of aryl methyl sites for hydroxylation is 2. The van der Waals surface area contributed by atoms with Gasteiger partial charge in [-0.05, 0) is 73.4 Å². The van der Waals surface area contributed by atoms with Crippen molar-refractivity contribution < 1.29 is 9.53 Å². The molecule has 1 aliphatic rings. The quantitative estimate of drug-likeness (QED) is 0.263. The van der Waals surface area contributed by atoms with Crippen molar-refractivity contribution in [3.8, 4) is 22.7 Å². The Hall–Kier alpha value is -3.40. The summed E-state index contributed by atoms with van der Waals surface area (Å²) in [5.41, 5.74) is 7.58. The molecule has 0 amide bonds. The summed E-state index contributed by atoms with van der Waals surface area (Å²) < 4.78 is 8.12. The number of ether oxygens (including phenoxy) is 1. The van der Waals surface area contributed by atoms with Gasteiger partial charge in [0.05, 0.1) is 29.0 Å². The molecule has 0 N–H and O–H groups in total. The number of benzene rings is 2. The number of esters is 1. The molecule has 0 saturated heterocycles. The lowest BCUT2D eigenvalue weighted by atomic mass is 9.94. The average Bonchev–Trinajstić information content (AvgIpc) is 3.54. The first-order chi connectivity index (χ1) is 16.8. The van der Waals surface area contributed by atoms with Crippen molar-refractivity contribution in [3.63, 3.8) is 0 Å². The second-order valence-electron chi connectivity index (χ2n) is 10.3. The van der Waals surface area contributed by atoms with Crippen LogP contribution in [0, 0.1) is 5.41 Å². The maximum Gasteiger partial charge on any atom is 0.317 e. The lowest BCUT2D eigenvalue weighted by Gasteiger charge is -2.13. The summed E-state index contributed by atoms with van der Waals surface area (Å²) in [6, 6.07) is 17.1. The molecule has 1 aliphatic carbocycles. The number of hydrogen-bond acceptors (Lipinski definition) is 3. The van der Waals surface area contributed by atoms with Crippen molar-refractivity contribution in [2.24, 2.45) is 5.41 Å². The molecule has 35 heavy (non-hydrogen) atoms. The monoisotopic (exact) mass is 466 g/mol. The summed E-state index contributed by atoms with van der Waals surface area (Å²) >= 11 is 0. The van der Waals surface area contributed by atoms with Gasteiger partial charge in [0.25, 0.3) is 0 Å². The topological polar surface area (TPSA) is 44.1 Å². The molecule has 4 nitrogen and oxygen atoms in total. The Kier molecular flexibility index (Phi) is 6.00. The molecule has 0 atom stereocenters. The molecule has 0 radical (unpaired) electrons. The SMILES string of the molecule is CCc1cccc(CC)c1-c1cc2c(OC(=O)C3(C)CC3)cn(-c3ccc(C(C)C)cc3)c2cn1. The van der Waals surface area contributed by atoms with Gasteiger partial charge in [0.1, 0.15) is 0 Å². The van der Waals surface area contributed by atoms with Gasteiger partial charge in [-0.3, -0.25) is 9.78 Å². The molecule has 2 heterocycles. The minimum Gasteiger partial charge on any atom is -0.424 e. The van der Waals surface area contributed by atoms with Crippen LogP contribution in [0.1, 0.15) is 70.1 Å². The zero-order valence-corrected chi connectivity index (χ0v) is 21.4. The molecule has 2 aromatic carbocycles. The fourth-order valence-electron chi connectivity index (χ4n) is 4.73. The van der Waals surface area contributed by atoms with Crippen molar-refractivity contribution in [2.75, 3.05) is 0 Å². The molecule has 5 rings (SSSR count). The zero-order valence-electron chi connectivity index (χ0n) is 21.4. The van der Waals surface area contributed by atoms with E-state index in [1.165, 1.54) is 22.3 Å². The molecule has 0 aliphatic heterocycles. The summed E-state index contributed by atoms with van der Waals surface area (Å²) in [7, 11) is 0. The van der Waals surface area contributed by atoms with Crippen molar-refractivity contribution in [1.82, 2.24) is 9.55 Å². The number of hydrogen-bond donors (Lipinski definition) is 0. The second-order valence-corrected chi connectivity index (χ2v) is 10.3. The fourth-order valence-corrected chi connectivity index (χ4v) is 4.73. The third-order valence-electron chi connectivity index (χ3n) is 7.44. The van der Waals surface area contributed by atoms with Crippen LogP contribution in [0.4, 0.5) is 0 Å².